The van der Waals surface area contributed by atoms with E-state index in [-0.39, 0.29) is 0 Å². The molecule has 0 bridgehead atoms. The van der Waals surface area contributed by atoms with E-state index < -0.39 is 0 Å². The standard InChI is InChI=1S/C16H13Br2NO/c1-20-14-4-5-15(18)12(8-14)10-19-7-6-11-2-3-13(17)9-16(11)19/h2-9H,10H2,1H3. The third-order valence-corrected chi connectivity index (χ3v) is 4.60. The van der Waals surface area contributed by atoms with Crippen molar-refractivity contribution in [1.29, 1.82) is 0 Å². The molecule has 0 saturated carbocycles. The summed E-state index contributed by atoms with van der Waals surface area (Å²) in [7, 11) is 1.69. The number of rotatable bonds is 3. The molecule has 0 unspecified atom stereocenters. The molecule has 0 aliphatic rings. The zero-order valence-electron chi connectivity index (χ0n) is 10.9. The van der Waals surface area contributed by atoms with Crippen LogP contribution in [0.15, 0.2) is 57.6 Å². The van der Waals surface area contributed by atoms with Crippen molar-refractivity contribution in [2.24, 2.45) is 0 Å². The first-order valence-corrected chi connectivity index (χ1v) is 7.83. The van der Waals surface area contributed by atoms with E-state index in [2.05, 4.69) is 73.0 Å². The Morgan fingerprint density at radius 2 is 1.90 bits per heavy atom. The maximum atomic E-state index is 5.30. The van der Waals surface area contributed by atoms with Crippen molar-refractivity contribution in [3.63, 3.8) is 0 Å². The fraction of sp³-hybridized carbons (Fsp3) is 0.125. The molecule has 2 aromatic carbocycles. The van der Waals surface area contributed by atoms with Gasteiger partial charge in [0, 0.05) is 27.2 Å². The first kappa shape index (κ1) is 13.7. The Morgan fingerprint density at radius 3 is 2.70 bits per heavy atom. The van der Waals surface area contributed by atoms with Gasteiger partial charge in [-0.2, -0.15) is 0 Å². The minimum absolute atomic E-state index is 0.803. The number of fused-ring (bicyclic) bond motifs is 1. The number of hydrogen-bond donors (Lipinski definition) is 0. The van der Waals surface area contributed by atoms with Crippen LogP contribution in [0.4, 0.5) is 0 Å². The van der Waals surface area contributed by atoms with Gasteiger partial charge in [-0.05, 0) is 47.3 Å². The van der Waals surface area contributed by atoms with Crippen LogP contribution < -0.4 is 4.74 Å². The molecule has 3 rings (SSSR count). The summed E-state index contributed by atoms with van der Waals surface area (Å²) in [6.07, 6.45) is 2.11. The SMILES string of the molecule is COc1ccc(Br)c(Cn2ccc3ccc(Br)cc32)c1. The number of aromatic nitrogens is 1. The fourth-order valence-electron chi connectivity index (χ4n) is 2.28. The summed E-state index contributed by atoms with van der Waals surface area (Å²) >= 11 is 7.14. The Morgan fingerprint density at radius 1 is 1.05 bits per heavy atom. The topological polar surface area (TPSA) is 14.2 Å². The molecule has 0 aliphatic carbocycles. The zero-order chi connectivity index (χ0) is 14.1. The second kappa shape index (κ2) is 5.62. The molecule has 0 atom stereocenters. The molecule has 1 heterocycles. The van der Waals surface area contributed by atoms with E-state index in [0.717, 1.165) is 21.2 Å². The van der Waals surface area contributed by atoms with Crippen LogP contribution >= 0.6 is 31.9 Å². The van der Waals surface area contributed by atoms with Crippen LogP contribution in [0.1, 0.15) is 5.56 Å². The molecular formula is C16H13Br2NO. The number of hydrogen-bond acceptors (Lipinski definition) is 1. The van der Waals surface area contributed by atoms with Gasteiger partial charge in [0.2, 0.25) is 0 Å². The van der Waals surface area contributed by atoms with Crippen molar-refractivity contribution < 1.29 is 4.74 Å². The lowest BCUT2D eigenvalue weighted by Crippen LogP contribution is -1.99. The first-order chi connectivity index (χ1) is 9.67. The van der Waals surface area contributed by atoms with Crippen molar-refractivity contribution in [2.45, 2.75) is 6.54 Å². The van der Waals surface area contributed by atoms with Gasteiger partial charge in [-0.1, -0.05) is 37.9 Å². The predicted octanol–water partition coefficient (Wildman–Crippen LogP) is 5.22. The van der Waals surface area contributed by atoms with E-state index in [1.165, 1.54) is 16.5 Å². The molecule has 0 amide bonds. The van der Waals surface area contributed by atoms with Crippen LogP contribution in [0, 0.1) is 0 Å². The van der Waals surface area contributed by atoms with Crippen LogP contribution in [0.5, 0.6) is 5.75 Å². The first-order valence-electron chi connectivity index (χ1n) is 6.24. The summed E-state index contributed by atoms with van der Waals surface area (Å²) in [5.74, 6) is 0.876. The molecule has 2 nitrogen and oxygen atoms in total. The average molecular weight is 395 g/mol. The van der Waals surface area contributed by atoms with Crippen LogP contribution in [0.25, 0.3) is 10.9 Å². The van der Waals surface area contributed by atoms with Crippen LogP contribution in [-0.4, -0.2) is 11.7 Å². The summed E-state index contributed by atoms with van der Waals surface area (Å²) in [4.78, 5) is 0. The van der Waals surface area contributed by atoms with Crippen LogP contribution in [0.2, 0.25) is 0 Å². The maximum absolute atomic E-state index is 5.30. The fourth-order valence-corrected chi connectivity index (χ4v) is 3.00. The Bertz CT molecular complexity index is 764. The molecule has 3 aromatic rings. The summed E-state index contributed by atoms with van der Waals surface area (Å²) in [5, 5.41) is 1.24. The molecule has 0 spiro atoms. The number of halogens is 2. The second-order valence-electron chi connectivity index (χ2n) is 4.60. The van der Waals surface area contributed by atoms with Gasteiger partial charge in [0.05, 0.1) is 7.11 Å². The van der Waals surface area contributed by atoms with Crippen molar-refractivity contribution in [3.05, 3.63) is 63.2 Å². The molecule has 102 valence electrons. The molecule has 0 aliphatic heterocycles. The largest absolute Gasteiger partial charge is 0.497 e. The predicted molar refractivity (Wildman–Crippen MR) is 89.4 cm³/mol. The minimum Gasteiger partial charge on any atom is -0.497 e. The van der Waals surface area contributed by atoms with E-state index in [9.17, 15) is 0 Å². The third kappa shape index (κ3) is 2.63. The Labute approximate surface area is 134 Å². The lowest BCUT2D eigenvalue weighted by Gasteiger charge is -2.10. The third-order valence-electron chi connectivity index (χ3n) is 3.33. The van der Waals surface area contributed by atoms with Gasteiger partial charge in [0.25, 0.3) is 0 Å². The van der Waals surface area contributed by atoms with E-state index in [1.807, 2.05) is 12.1 Å². The van der Waals surface area contributed by atoms with E-state index >= 15 is 0 Å². The zero-order valence-corrected chi connectivity index (χ0v) is 14.1. The minimum atomic E-state index is 0.803. The molecule has 0 N–H and O–H groups in total. The lowest BCUT2D eigenvalue weighted by atomic mass is 10.2. The van der Waals surface area contributed by atoms with Gasteiger partial charge in [0.1, 0.15) is 5.75 Å². The average Bonchev–Trinajstić information content (AvgIpc) is 2.84. The van der Waals surface area contributed by atoms with E-state index in [0.29, 0.717) is 0 Å². The molecular weight excluding hydrogens is 382 g/mol. The monoisotopic (exact) mass is 393 g/mol. The number of methoxy groups -OCH3 is 1. The molecule has 0 radical (unpaired) electrons. The summed E-state index contributed by atoms with van der Waals surface area (Å²) < 4.78 is 9.72. The lowest BCUT2D eigenvalue weighted by molar-refractivity contribution is 0.414. The highest BCUT2D eigenvalue weighted by Gasteiger charge is 2.06. The highest BCUT2D eigenvalue weighted by Crippen LogP contribution is 2.26. The normalized spacial score (nSPS) is 10.9. The molecule has 20 heavy (non-hydrogen) atoms. The molecule has 0 fully saturated rings. The summed E-state index contributed by atoms with van der Waals surface area (Å²) in [6, 6.07) is 14.5. The molecule has 0 saturated heterocycles. The van der Waals surface area contributed by atoms with Crippen LogP contribution in [0.3, 0.4) is 0 Å². The van der Waals surface area contributed by atoms with E-state index in [4.69, 9.17) is 4.74 Å². The van der Waals surface area contributed by atoms with Gasteiger partial charge >= 0.3 is 0 Å². The second-order valence-corrected chi connectivity index (χ2v) is 6.37. The Hall–Kier alpha value is -1.26. The highest BCUT2D eigenvalue weighted by molar-refractivity contribution is 9.10. The Balaban J connectivity index is 2.03. The van der Waals surface area contributed by atoms with E-state index in [1.54, 1.807) is 7.11 Å². The highest BCUT2D eigenvalue weighted by atomic mass is 79.9. The van der Waals surface area contributed by atoms with Gasteiger partial charge in [-0.3, -0.25) is 0 Å². The van der Waals surface area contributed by atoms with Gasteiger partial charge in [-0.25, -0.2) is 0 Å². The van der Waals surface area contributed by atoms with Gasteiger partial charge < -0.3 is 9.30 Å². The van der Waals surface area contributed by atoms with Crippen LogP contribution in [-0.2, 0) is 6.54 Å². The number of benzene rings is 2. The smallest absolute Gasteiger partial charge is 0.119 e. The van der Waals surface area contributed by atoms with Gasteiger partial charge in [0.15, 0.2) is 0 Å². The van der Waals surface area contributed by atoms with Crippen molar-refractivity contribution in [3.8, 4) is 5.75 Å². The van der Waals surface area contributed by atoms with Crippen molar-refractivity contribution in [2.75, 3.05) is 7.11 Å². The molecule has 4 heteroatoms. The quantitative estimate of drug-likeness (QED) is 0.593. The molecule has 1 aromatic heterocycles. The van der Waals surface area contributed by atoms with Crippen molar-refractivity contribution in [1.82, 2.24) is 4.57 Å². The maximum Gasteiger partial charge on any atom is 0.119 e. The summed E-state index contributed by atoms with van der Waals surface area (Å²) in [6.45, 7) is 0.803. The number of nitrogens with zero attached hydrogens (tertiary/aromatic N) is 1. The van der Waals surface area contributed by atoms with Gasteiger partial charge in [-0.15, -0.1) is 0 Å². The van der Waals surface area contributed by atoms with Crippen molar-refractivity contribution >= 4 is 42.8 Å². The summed E-state index contributed by atoms with van der Waals surface area (Å²) in [5.41, 5.74) is 2.41. The Kier molecular flexibility index (Phi) is 3.85. The number of ether oxygens (including phenoxy) is 1.